The van der Waals surface area contributed by atoms with Crippen molar-refractivity contribution in [3.8, 4) is 0 Å². The number of hydrogen-bond donors (Lipinski definition) is 1. The van der Waals surface area contributed by atoms with Gasteiger partial charge in [-0.05, 0) is 74.5 Å². The minimum Gasteiger partial charge on any atom is -0.348 e. The third-order valence-electron chi connectivity index (χ3n) is 6.18. The van der Waals surface area contributed by atoms with Crippen LogP contribution in [0.3, 0.4) is 0 Å². The predicted octanol–water partition coefficient (Wildman–Crippen LogP) is 3.31. The quantitative estimate of drug-likeness (QED) is 0.716. The van der Waals surface area contributed by atoms with E-state index < -0.39 is 10.0 Å². The molecular formula is C24H31N3O3S. The van der Waals surface area contributed by atoms with Gasteiger partial charge in [-0.3, -0.25) is 9.69 Å². The first-order chi connectivity index (χ1) is 14.9. The lowest BCUT2D eigenvalue weighted by Crippen LogP contribution is -2.29. The van der Waals surface area contributed by atoms with Gasteiger partial charge in [0.05, 0.1) is 4.90 Å². The zero-order valence-corrected chi connectivity index (χ0v) is 19.0. The summed E-state index contributed by atoms with van der Waals surface area (Å²) in [5.41, 5.74) is 3.33. The first-order valence-electron chi connectivity index (χ1n) is 11.1. The van der Waals surface area contributed by atoms with Crippen LogP contribution in [0.25, 0.3) is 0 Å². The van der Waals surface area contributed by atoms with Crippen molar-refractivity contribution >= 4 is 15.9 Å². The van der Waals surface area contributed by atoms with E-state index in [1.807, 2.05) is 12.1 Å². The largest absolute Gasteiger partial charge is 0.348 e. The number of sulfonamides is 1. The first-order valence-corrected chi connectivity index (χ1v) is 12.6. The second kappa shape index (κ2) is 9.51. The maximum atomic E-state index is 13.0. The molecule has 2 aliphatic rings. The van der Waals surface area contributed by atoms with Crippen LogP contribution in [0.4, 0.5) is 0 Å². The Morgan fingerprint density at radius 3 is 2.35 bits per heavy atom. The second-order valence-corrected chi connectivity index (χ2v) is 10.5. The smallest absolute Gasteiger partial charge is 0.251 e. The van der Waals surface area contributed by atoms with Crippen molar-refractivity contribution in [1.29, 1.82) is 0 Å². The van der Waals surface area contributed by atoms with E-state index in [2.05, 4.69) is 22.3 Å². The van der Waals surface area contributed by atoms with Crippen molar-refractivity contribution in [3.05, 3.63) is 64.7 Å². The standard InChI is InChI=1S/C24H31N3O3S/c1-19-9-10-22(16-23(19)31(29,30)27-13-4-5-14-27)24(28)25-17-20-7-6-8-21(15-20)18-26-11-2-3-12-26/h6-10,15-16H,2-5,11-14,17-18H2,1H3,(H,25,28). The summed E-state index contributed by atoms with van der Waals surface area (Å²) in [6.07, 6.45) is 4.30. The van der Waals surface area contributed by atoms with Gasteiger partial charge in [-0.2, -0.15) is 4.31 Å². The average molecular weight is 442 g/mol. The van der Waals surface area contributed by atoms with Gasteiger partial charge in [0.15, 0.2) is 0 Å². The van der Waals surface area contributed by atoms with Crippen LogP contribution in [0.5, 0.6) is 0 Å². The van der Waals surface area contributed by atoms with Crippen molar-refractivity contribution < 1.29 is 13.2 Å². The first kappa shape index (κ1) is 22.0. The van der Waals surface area contributed by atoms with Crippen molar-refractivity contribution in [2.45, 2.75) is 50.6 Å². The molecule has 4 rings (SSSR count). The molecule has 0 spiro atoms. The molecule has 0 radical (unpaired) electrons. The van der Waals surface area contributed by atoms with Gasteiger partial charge in [-0.25, -0.2) is 8.42 Å². The molecule has 2 aromatic rings. The van der Waals surface area contributed by atoms with E-state index in [9.17, 15) is 13.2 Å². The number of benzene rings is 2. The normalized spacial score (nSPS) is 17.8. The lowest BCUT2D eigenvalue weighted by atomic mass is 10.1. The fraction of sp³-hybridized carbons (Fsp3) is 0.458. The summed E-state index contributed by atoms with van der Waals surface area (Å²) in [5.74, 6) is -0.261. The summed E-state index contributed by atoms with van der Waals surface area (Å²) in [4.78, 5) is 15.4. The molecule has 31 heavy (non-hydrogen) atoms. The van der Waals surface area contributed by atoms with Gasteiger partial charge in [-0.15, -0.1) is 0 Å². The number of nitrogens with one attached hydrogen (secondary N) is 1. The molecule has 0 atom stereocenters. The van der Waals surface area contributed by atoms with Gasteiger partial charge in [0.2, 0.25) is 10.0 Å². The minimum atomic E-state index is -3.56. The Morgan fingerprint density at radius 1 is 0.935 bits per heavy atom. The molecule has 0 aromatic heterocycles. The van der Waals surface area contributed by atoms with E-state index in [0.29, 0.717) is 30.8 Å². The van der Waals surface area contributed by atoms with Crippen molar-refractivity contribution in [2.24, 2.45) is 0 Å². The van der Waals surface area contributed by atoms with E-state index in [0.717, 1.165) is 38.0 Å². The maximum absolute atomic E-state index is 13.0. The Bertz CT molecular complexity index is 1040. The van der Waals surface area contributed by atoms with Gasteiger partial charge in [0, 0.05) is 31.7 Å². The molecule has 0 saturated carbocycles. The number of carbonyl (C=O) groups is 1. The van der Waals surface area contributed by atoms with Crippen LogP contribution in [0.1, 0.15) is 52.7 Å². The summed E-state index contributed by atoms with van der Waals surface area (Å²) in [6.45, 7) is 6.52. The molecule has 7 heteroatoms. The molecule has 2 saturated heterocycles. The van der Waals surface area contributed by atoms with Crippen LogP contribution in [0.2, 0.25) is 0 Å². The lowest BCUT2D eigenvalue weighted by molar-refractivity contribution is 0.0950. The molecule has 1 N–H and O–H groups in total. The van der Waals surface area contributed by atoms with Crippen molar-refractivity contribution in [3.63, 3.8) is 0 Å². The van der Waals surface area contributed by atoms with Crippen LogP contribution in [0, 0.1) is 6.92 Å². The fourth-order valence-corrected chi connectivity index (χ4v) is 6.18. The number of rotatable bonds is 7. The minimum absolute atomic E-state index is 0.231. The van der Waals surface area contributed by atoms with Gasteiger partial charge >= 0.3 is 0 Å². The summed E-state index contributed by atoms with van der Waals surface area (Å²) < 4.78 is 27.5. The summed E-state index contributed by atoms with van der Waals surface area (Å²) in [6, 6.07) is 13.2. The van der Waals surface area contributed by atoms with Crippen molar-refractivity contribution in [2.75, 3.05) is 26.2 Å². The molecule has 2 aliphatic heterocycles. The Kier molecular flexibility index (Phi) is 6.74. The second-order valence-electron chi connectivity index (χ2n) is 8.58. The zero-order valence-electron chi connectivity index (χ0n) is 18.1. The Hall–Kier alpha value is -2.22. The van der Waals surface area contributed by atoms with E-state index in [4.69, 9.17) is 0 Å². The van der Waals surface area contributed by atoms with Crippen LogP contribution in [-0.2, 0) is 23.1 Å². The molecule has 0 unspecified atom stereocenters. The molecule has 0 aliphatic carbocycles. The number of aryl methyl sites for hydroxylation is 1. The number of carbonyl (C=O) groups excluding carboxylic acids is 1. The van der Waals surface area contributed by atoms with Gasteiger partial charge < -0.3 is 5.32 Å². The van der Waals surface area contributed by atoms with Crippen molar-refractivity contribution in [1.82, 2.24) is 14.5 Å². The molecule has 0 bridgehead atoms. The molecule has 2 aromatic carbocycles. The highest BCUT2D eigenvalue weighted by atomic mass is 32.2. The fourth-order valence-electron chi connectivity index (χ4n) is 4.41. The van der Waals surface area contributed by atoms with E-state index in [1.165, 1.54) is 28.8 Å². The summed E-state index contributed by atoms with van der Waals surface area (Å²) >= 11 is 0. The zero-order chi connectivity index (χ0) is 21.8. The van der Waals surface area contributed by atoms with Gasteiger partial charge in [-0.1, -0.05) is 30.3 Å². The van der Waals surface area contributed by atoms with E-state index in [1.54, 1.807) is 19.1 Å². The van der Waals surface area contributed by atoms with Gasteiger partial charge in [0.1, 0.15) is 0 Å². The molecule has 2 heterocycles. The third kappa shape index (κ3) is 5.17. The SMILES string of the molecule is Cc1ccc(C(=O)NCc2cccc(CN3CCCC3)c2)cc1S(=O)(=O)N1CCCC1. The van der Waals surface area contributed by atoms with Crippen LogP contribution >= 0.6 is 0 Å². The molecule has 6 nitrogen and oxygen atoms in total. The maximum Gasteiger partial charge on any atom is 0.251 e. The van der Waals surface area contributed by atoms with Crippen LogP contribution in [-0.4, -0.2) is 49.7 Å². The monoisotopic (exact) mass is 441 g/mol. The number of likely N-dealkylation sites (tertiary alicyclic amines) is 1. The average Bonchev–Trinajstić information content (AvgIpc) is 3.47. The Labute approximate surface area is 185 Å². The predicted molar refractivity (Wildman–Crippen MR) is 121 cm³/mol. The van der Waals surface area contributed by atoms with Gasteiger partial charge in [0.25, 0.3) is 5.91 Å². The number of nitrogens with zero attached hydrogens (tertiary/aromatic N) is 2. The Morgan fingerprint density at radius 2 is 1.61 bits per heavy atom. The third-order valence-corrected chi connectivity index (χ3v) is 8.22. The van der Waals surface area contributed by atoms with Crippen LogP contribution < -0.4 is 5.32 Å². The summed E-state index contributed by atoms with van der Waals surface area (Å²) in [7, 11) is -3.56. The topological polar surface area (TPSA) is 69.7 Å². The Balaban J connectivity index is 1.43. The number of amides is 1. The highest BCUT2D eigenvalue weighted by molar-refractivity contribution is 7.89. The highest BCUT2D eigenvalue weighted by Crippen LogP contribution is 2.24. The highest BCUT2D eigenvalue weighted by Gasteiger charge is 2.29. The van der Waals surface area contributed by atoms with Crippen LogP contribution in [0.15, 0.2) is 47.4 Å². The molecule has 166 valence electrons. The molecule has 2 fully saturated rings. The van der Waals surface area contributed by atoms with E-state index >= 15 is 0 Å². The van der Waals surface area contributed by atoms with E-state index in [-0.39, 0.29) is 10.8 Å². The molecule has 1 amide bonds. The lowest BCUT2D eigenvalue weighted by Gasteiger charge is -2.18. The molecular weight excluding hydrogens is 410 g/mol. The summed E-state index contributed by atoms with van der Waals surface area (Å²) in [5, 5.41) is 2.94. The number of hydrogen-bond acceptors (Lipinski definition) is 4.